The average Bonchev–Trinajstić information content (AvgIpc) is 2.32. The molecule has 0 spiro atoms. The molecule has 1 aromatic rings. The van der Waals surface area contributed by atoms with Gasteiger partial charge in [-0.05, 0) is 24.1 Å². The van der Waals surface area contributed by atoms with Gasteiger partial charge in [-0.3, -0.25) is 4.79 Å². The zero-order valence-electron chi connectivity index (χ0n) is 10.4. The average molecular weight is 237 g/mol. The third-order valence-corrected chi connectivity index (χ3v) is 1.52. The van der Waals surface area contributed by atoms with E-state index in [2.05, 4.69) is 6.58 Å². The minimum atomic E-state index is -1.43. The number of para-hydroxylation sites is 1. The van der Waals surface area contributed by atoms with Crippen LogP contribution in [0.15, 0.2) is 30.8 Å². The van der Waals surface area contributed by atoms with Crippen LogP contribution in [0.2, 0.25) is 0 Å². The molecule has 3 N–H and O–H groups in total. The Bertz CT molecular complexity index is 373. The van der Waals surface area contributed by atoms with E-state index in [1.165, 1.54) is 0 Å². The largest absolute Gasteiger partial charge is 0.476 e. The predicted molar refractivity (Wildman–Crippen MR) is 70.6 cm³/mol. The highest BCUT2D eigenvalue weighted by atomic mass is 16.4. The van der Waals surface area contributed by atoms with E-state index in [4.69, 9.17) is 20.4 Å². The second-order valence-electron chi connectivity index (χ2n) is 2.82. The lowest BCUT2D eigenvalue weighted by atomic mass is 10.1. The van der Waals surface area contributed by atoms with Crippen molar-refractivity contribution < 1.29 is 14.7 Å². The minimum Gasteiger partial charge on any atom is -0.476 e. The molecule has 0 fully saturated rings. The van der Waals surface area contributed by atoms with Crippen LogP contribution in [0.5, 0.6) is 0 Å². The molecule has 1 aromatic carbocycles. The molecule has 0 saturated heterocycles. The van der Waals surface area contributed by atoms with E-state index in [-0.39, 0.29) is 6.29 Å². The molecular weight excluding hydrogens is 218 g/mol. The van der Waals surface area contributed by atoms with Gasteiger partial charge < -0.3 is 10.8 Å². The highest BCUT2D eigenvalue weighted by Gasteiger charge is 1.94. The molecule has 94 valence electrons. The Labute approximate surface area is 102 Å². The zero-order valence-corrected chi connectivity index (χ0v) is 10.4. The smallest absolute Gasteiger partial charge is 0.368 e. The van der Waals surface area contributed by atoms with Gasteiger partial charge in [0.2, 0.25) is 6.29 Å². The summed E-state index contributed by atoms with van der Waals surface area (Å²) >= 11 is 0. The van der Waals surface area contributed by atoms with Crippen LogP contribution >= 0.6 is 0 Å². The summed E-state index contributed by atoms with van der Waals surface area (Å²) in [7, 11) is 0. The highest BCUT2D eigenvalue weighted by molar-refractivity contribution is 6.19. The van der Waals surface area contributed by atoms with E-state index in [0.29, 0.717) is 0 Å². The maximum atomic E-state index is 9.00. The number of benzene rings is 1. The monoisotopic (exact) mass is 237 g/mol. The number of aldehydes is 1. The van der Waals surface area contributed by atoms with Gasteiger partial charge in [-0.15, -0.1) is 0 Å². The molecule has 0 heterocycles. The van der Waals surface area contributed by atoms with E-state index >= 15 is 0 Å². The van der Waals surface area contributed by atoms with Crippen LogP contribution in [0.3, 0.4) is 0 Å². The molecule has 0 aliphatic rings. The van der Waals surface area contributed by atoms with Crippen LogP contribution in [0, 0.1) is 0 Å². The first-order valence-electron chi connectivity index (χ1n) is 5.17. The molecular formula is C13H19NO3. The molecule has 0 amide bonds. The van der Waals surface area contributed by atoms with Crippen molar-refractivity contribution in [3.8, 4) is 0 Å². The second kappa shape index (κ2) is 10.4. The summed E-state index contributed by atoms with van der Waals surface area (Å²) in [6.07, 6.45) is -0.167. The number of nitrogen functional groups attached to an aromatic ring is 1. The molecule has 4 heteroatoms. The summed E-state index contributed by atoms with van der Waals surface area (Å²) in [5, 5.41) is 7.35. The van der Waals surface area contributed by atoms with Gasteiger partial charge in [-0.2, -0.15) is 0 Å². The molecule has 4 nitrogen and oxygen atoms in total. The first-order chi connectivity index (χ1) is 7.99. The van der Waals surface area contributed by atoms with Gasteiger partial charge in [0.25, 0.3) is 0 Å². The number of carboxylic acids is 1. The van der Waals surface area contributed by atoms with E-state index in [9.17, 15) is 0 Å². The van der Waals surface area contributed by atoms with E-state index in [1.54, 1.807) is 0 Å². The van der Waals surface area contributed by atoms with Crippen molar-refractivity contribution in [3.05, 3.63) is 36.4 Å². The first-order valence-corrected chi connectivity index (χ1v) is 5.17. The molecule has 0 bridgehead atoms. The summed E-state index contributed by atoms with van der Waals surface area (Å²) < 4.78 is 0. The number of carbonyl (C=O) groups excluding carboxylic acids is 1. The number of rotatable bonds is 2. The zero-order chi connectivity index (χ0) is 13.8. The Kier molecular flexibility index (Phi) is 10.6. The van der Waals surface area contributed by atoms with Crippen LogP contribution in [0.4, 0.5) is 5.69 Å². The molecule has 1 rings (SSSR count). The van der Waals surface area contributed by atoms with Crippen LogP contribution in [-0.4, -0.2) is 17.4 Å². The van der Waals surface area contributed by atoms with Crippen LogP contribution < -0.4 is 5.73 Å². The lowest BCUT2D eigenvalue weighted by Gasteiger charge is -2.01. The topological polar surface area (TPSA) is 80.4 Å². The maximum absolute atomic E-state index is 9.00. The van der Waals surface area contributed by atoms with E-state index in [1.807, 2.05) is 45.0 Å². The number of nitrogens with two attached hydrogens (primary N) is 1. The lowest BCUT2D eigenvalue weighted by molar-refractivity contribution is -0.143. The number of allylic oxidation sites excluding steroid dienone is 1. The lowest BCUT2D eigenvalue weighted by Crippen LogP contribution is -1.91. The van der Waals surface area contributed by atoms with Gasteiger partial charge in [-0.1, -0.05) is 38.6 Å². The molecule has 0 aliphatic heterocycles. The first kappa shape index (κ1) is 17.3. The summed E-state index contributed by atoms with van der Waals surface area (Å²) in [6, 6.07) is 7.73. The fourth-order valence-corrected chi connectivity index (χ4v) is 0.886. The standard InChI is InChI=1S/C9H11N.C2H2O3.C2H6/c1-7(2)8-5-3-4-6-9(8)10;3-1-2(4)5;1-2/h3-6H,1,10H2,2H3;1H,(H,4,5);1-2H3. The van der Waals surface area contributed by atoms with Gasteiger partial charge in [0.05, 0.1) is 0 Å². The van der Waals surface area contributed by atoms with Crippen molar-refractivity contribution in [1.82, 2.24) is 0 Å². The van der Waals surface area contributed by atoms with Crippen molar-refractivity contribution in [1.29, 1.82) is 0 Å². The molecule has 0 radical (unpaired) electrons. The maximum Gasteiger partial charge on any atom is 0.368 e. The summed E-state index contributed by atoms with van der Waals surface area (Å²) in [4.78, 5) is 17.9. The summed E-state index contributed by atoms with van der Waals surface area (Å²) in [5.41, 5.74) is 8.52. The van der Waals surface area contributed by atoms with Gasteiger partial charge in [-0.25, -0.2) is 4.79 Å². The third-order valence-electron chi connectivity index (χ3n) is 1.52. The third kappa shape index (κ3) is 8.87. The van der Waals surface area contributed by atoms with E-state index < -0.39 is 5.97 Å². The highest BCUT2D eigenvalue weighted by Crippen LogP contribution is 2.17. The van der Waals surface area contributed by atoms with E-state index in [0.717, 1.165) is 16.8 Å². The Morgan fingerprint density at radius 1 is 1.35 bits per heavy atom. The predicted octanol–water partition coefficient (Wildman–Crippen LogP) is 2.60. The Balaban J connectivity index is 0. The molecule has 0 saturated carbocycles. The molecule has 0 aliphatic carbocycles. The molecule has 0 atom stereocenters. The molecule has 0 unspecified atom stereocenters. The number of carbonyl (C=O) groups is 2. The van der Waals surface area contributed by atoms with Crippen molar-refractivity contribution in [2.24, 2.45) is 0 Å². The van der Waals surface area contributed by atoms with Crippen molar-refractivity contribution in [2.45, 2.75) is 20.8 Å². The fourth-order valence-electron chi connectivity index (χ4n) is 0.886. The van der Waals surface area contributed by atoms with Crippen molar-refractivity contribution in [2.75, 3.05) is 5.73 Å². The van der Waals surface area contributed by atoms with Gasteiger partial charge in [0.15, 0.2) is 0 Å². The Morgan fingerprint density at radius 2 is 1.76 bits per heavy atom. The van der Waals surface area contributed by atoms with Gasteiger partial charge >= 0.3 is 5.97 Å². The molecule has 17 heavy (non-hydrogen) atoms. The van der Waals surface area contributed by atoms with Crippen LogP contribution in [-0.2, 0) is 9.59 Å². The van der Waals surface area contributed by atoms with Crippen molar-refractivity contribution in [3.63, 3.8) is 0 Å². The van der Waals surface area contributed by atoms with Crippen LogP contribution in [0.25, 0.3) is 5.57 Å². The number of anilines is 1. The van der Waals surface area contributed by atoms with Crippen molar-refractivity contribution >= 4 is 23.5 Å². The number of hydrogen-bond acceptors (Lipinski definition) is 3. The quantitative estimate of drug-likeness (QED) is 0.470. The fraction of sp³-hybridized carbons (Fsp3) is 0.231. The summed E-state index contributed by atoms with van der Waals surface area (Å²) in [6.45, 7) is 9.76. The number of carboxylic acid groups (broad SMARTS) is 1. The van der Waals surface area contributed by atoms with Gasteiger partial charge in [0, 0.05) is 5.69 Å². The minimum absolute atomic E-state index is 0.167. The van der Waals surface area contributed by atoms with Gasteiger partial charge in [0.1, 0.15) is 0 Å². The Morgan fingerprint density at radius 3 is 2.00 bits per heavy atom. The number of hydrogen-bond donors (Lipinski definition) is 2. The molecule has 0 aromatic heterocycles. The summed E-state index contributed by atoms with van der Waals surface area (Å²) in [5.74, 6) is -1.43. The second-order valence-corrected chi connectivity index (χ2v) is 2.82. The Hall–Kier alpha value is -2.10. The van der Waals surface area contributed by atoms with Crippen LogP contribution in [0.1, 0.15) is 26.3 Å². The SMILES string of the molecule is C=C(C)c1ccccc1N.CC.O=CC(=O)O. The number of aliphatic carboxylic acids is 1. The normalized spacial score (nSPS) is 7.71.